The molecule has 134 valence electrons. The predicted octanol–water partition coefficient (Wildman–Crippen LogP) is 0.626. The molecule has 2 saturated heterocycles. The molecule has 6 nitrogen and oxygen atoms in total. The van der Waals surface area contributed by atoms with Gasteiger partial charge in [0, 0.05) is 38.6 Å². The van der Waals surface area contributed by atoms with Gasteiger partial charge in [0.15, 0.2) is 9.84 Å². The van der Waals surface area contributed by atoms with Crippen LogP contribution in [0.1, 0.15) is 27.2 Å². The number of hydrogen-bond donors (Lipinski definition) is 0. The summed E-state index contributed by atoms with van der Waals surface area (Å²) in [6, 6.07) is 0.370. The molecule has 0 bridgehead atoms. The van der Waals surface area contributed by atoms with Crippen LogP contribution in [0.5, 0.6) is 0 Å². The second-order valence-corrected chi connectivity index (χ2v) is 9.48. The highest BCUT2D eigenvalue weighted by Gasteiger charge is 2.36. The van der Waals surface area contributed by atoms with Gasteiger partial charge in [-0.25, -0.2) is 8.42 Å². The number of sulfone groups is 1. The van der Waals surface area contributed by atoms with E-state index in [1.54, 1.807) is 0 Å². The second-order valence-electron chi connectivity index (χ2n) is 7.25. The number of ether oxygens (including phenoxy) is 1. The van der Waals surface area contributed by atoms with Crippen molar-refractivity contribution in [1.82, 2.24) is 9.80 Å². The van der Waals surface area contributed by atoms with E-state index < -0.39 is 9.84 Å². The summed E-state index contributed by atoms with van der Waals surface area (Å²) >= 11 is 0. The fourth-order valence-corrected chi connectivity index (χ4v) is 5.20. The van der Waals surface area contributed by atoms with E-state index in [2.05, 4.69) is 11.8 Å². The minimum Gasteiger partial charge on any atom is -0.379 e. The van der Waals surface area contributed by atoms with E-state index in [9.17, 15) is 13.2 Å². The summed E-state index contributed by atoms with van der Waals surface area (Å²) in [4.78, 5) is 16.6. The molecule has 0 aromatic heterocycles. The van der Waals surface area contributed by atoms with Crippen molar-refractivity contribution < 1.29 is 17.9 Å². The molecule has 2 aliphatic rings. The van der Waals surface area contributed by atoms with Gasteiger partial charge in [-0.3, -0.25) is 9.69 Å². The molecule has 7 heteroatoms. The van der Waals surface area contributed by atoms with Crippen molar-refractivity contribution in [3.8, 4) is 0 Å². The highest BCUT2D eigenvalue weighted by atomic mass is 32.2. The van der Waals surface area contributed by atoms with Crippen molar-refractivity contribution in [3.63, 3.8) is 0 Å². The molecule has 2 fully saturated rings. The number of nitrogens with zero attached hydrogens (tertiary/aromatic N) is 2. The molecule has 0 N–H and O–H groups in total. The zero-order chi connectivity index (χ0) is 17.0. The third-order valence-electron chi connectivity index (χ3n) is 4.65. The number of carbonyl (C=O) groups is 1. The van der Waals surface area contributed by atoms with Gasteiger partial charge >= 0.3 is 0 Å². The lowest BCUT2D eigenvalue weighted by atomic mass is 10.0. The molecule has 1 amide bonds. The SMILES string of the molecule is CC(C)CS(=O)(=O)CCC(=O)N1C[C@@H](C)[C@@H](N2CCOCC2)C1. The standard InChI is InChI=1S/C16H30N2O4S/c1-13(2)12-23(20,21)9-4-16(19)18-10-14(3)15(11-18)17-5-7-22-8-6-17/h13-15H,4-12H2,1-3H3/t14-,15+/m1/s1. The van der Waals surface area contributed by atoms with Crippen molar-refractivity contribution in [2.24, 2.45) is 11.8 Å². The molecule has 2 aliphatic heterocycles. The van der Waals surface area contributed by atoms with Gasteiger partial charge in [-0.1, -0.05) is 20.8 Å². The molecule has 2 heterocycles. The number of hydrogen-bond acceptors (Lipinski definition) is 5. The van der Waals surface area contributed by atoms with E-state index in [1.165, 1.54) is 0 Å². The first-order valence-corrected chi connectivity index (χ1v) is 10.4. The molecule has 23 heavy (non-hydrogen) atoms. The lowest BCUT2D eigenvalue weighted by Crippen LogP contribution is -2.47. The maximum Gasteiger partial charge on any atom is 0.223 e. The number of rotatable bonds is 6. The highest BCUT2D eigenvalue weighted by molar-refractivity contribution is 7.91. The first-order chi connectivity index (χ1) is 10.8. The van der Waals surface area contributed by atoms with Crippen LogP contribution in [-0.4, -0.2) is 81.1 Å². The summed E-state index contributed by atoms with van der Waals surface area (Å²) in [5.74, 6) is 0.626. The largest absolute Gasteiger partial charge is 0.379 e. The van der Waals surface area contributed by atoms with Crippen LogP contribution >= 0.6 is 0 Å². The number of carbonyl (C=O) groups excluding carboxylic acids is 1. The normalized spacial score (nSPS) is 26.9. The zero-order valence-electron chi connectivity index (χ0n) is 14.5. The van der Waals surface area contributed by atoms with E-state index in [-0.39, 0.29) is 29.8 Å². The van der Waals surface area contributed by atoms with Gasteiger partial charge in [0.1, 0.15) is 0 Å². The molecule has 0 aromatic rings. The third-order valence-corrected chi connectivity index (χ3v) is 6.65. The molecule has 2 atom stereocenters. The van der Waals surface area contributed by atoms with Crippen molar-refractivity contribution in [2.45, 2.75) is 33.2 Å². The average Bonchev–Trinajstić information content (AvgIpc) is 2.86. The Kier molecular flexibility index (Phi) is 6.45. The Balaban J connectivity index is 1.84. The zero-order valence-corrected chi connectivity index (χ0v) is 15.3. The average molecular weight is 346 g/mol. The topological polar surface area (TPSA) is 66.9 Å². The van der Waals surface area contributed by atoms with Gasteiger partial charge in [0.05, 0.1) is 24.7 Å². The Bertz CT molecular complexity index is 500. The van der Waals surface area contributed by atoms with Gasteiger partial charge in [0.2, 0.25) is 5.91 Å². The molecule has 2 rings (SSSR count). The quantitative estimate of drug-likeness (QED) is 0.706. The summed E-state index contributed by atoms with van der Waals surface area (Å²) in [5, 5.41) is 0. The molecular weight excluding hydrogens is 316 g/mol. The molecule has 0 aromatic carbocycles. The molecule has 0 saturated carbocycles. The molecule has 0 radical (unpaired) electrons. The van der Waals surface area contributed by atoms with Crippen molar-refractivity contribution in [3.05, 3.63) is 0 Å². The summed E-state index contributed by atoms with van der Waals surface area (Å²) in [7, 11) is -3.13. The molecular formula is C16H30N2O4S. The van der Waals surface area contributed by atoms with Crippen LogP contribution in [-0.2, 0) is 19.4 Å². The maximum absolute atomic E-state index is 12.4. The van der Waals surface area contributed by atoms with Crippen LogP contribution < -0.4 is 0 Å². The van der Waals surface area contributed by atoms with Crippen molar-refractivity contribution in [2.75, 3.05) is 50.9 Å². The van der Waals surface area contributed by atoms with E-state index in [1.807, 2.05) is 18.7 Å². The van der Waals surface area contributed by atoms with E-state index in [0.717, 1.165) is 32.8 Å². The Labute approximate surface area is 140 Å². The minimum atomic E-state index is -3.13. The summed E-state index contributed by atoms with van der Waals surface area (Å²) in [5.41, 5.74) is 0. The molecule has 0 aliphatic carbocycles. The minimum absolute atomic E-state index is 0.0278. The lowest BCUT2D eigenvalue weighted by Gasteiger charge is -2.34. The van der Waals surface area contributed by atoms with Gasteiger partial charge in [0.25, 0.3) is 0 Å². The summed E-state index contributed by atoms with van der Waals surface area (Å²) in [6.45, 7) is 10.7. The Morgan fingerprint density at radius 1 is 1.22 bits per heavy atom. The fourth-order valence-electron chi connectivity index (χ4n) is 3.53. The first kappa shape index (κ1) is 18.7. The van der Waals surface area contributed by atoms with Gasteiger partial charge in [-0.2, -0.15) is 0 Å². The maximum atomic E-state index is 12.4. The summed E-state index contributed by atoms with van der Waals surface area (Å²) < 4.78 is 29.3. The molecule has 0 spiro atoms. The second kappa shape index (κ2) is 7.94. The van der Waals surface area contributed by atoms with Crippen LogP contribution in [0, 0.1) is 11.8 Å². The Morgan fingerprint density at radius 3 is 2.48 bits per heavy atom. The fraction of sp³-hybridized carbons (Fsp3) is 0.938. The lowest BCUT2D eigenvalue weighted by molar-refractivity contribution is -0.130. The third kappa shape index (κ3) is 5.43. The van der Waals surface area contributed by atoms with Gasteiger partial charge < -0.3 is 9.64 Å². The number of morpholine rings is 1. The van der Waals surface area contributed by atoms with Crippen LogP contribution in [0.4, 0.5) is 0 Å². The number of amides is 1. The van der Waals surface area contributed by atoms with Gasteiger partial charge in [-0.15, -0.1) is 0 Å². The summed E-state index contributed by atoms with van der Waals surface area (Å²) in [6.07, 6.45) is 0.109. The van der Waals surface area contributed by atoms with E-state index in [4.69, 9.17) is 4.74 Å². The van der Waals surface area contributed by atoms with Crippen molar-refractivity contribution in [1.29, 1.82) is 0 Å². The van der Waals surface area contributed by atoms with E-state index in [0.29, 0.717) is 18.5 Å². The van der Waals surface area contributed by atoms with Crippen LogP contribution in [0.25, 0.3) is 0 Å². The Morgan fingerprint density at radius 2 is 1.87 bits per heavy atom. The molecule has 0 unspecified atom stereocenters. The van der Waals surface area contributed by atoms with Crippen LogP contribution in [0.2, 0.25) is 0 Å². The monoisotopic (exact) mass is 346 g/mol. The van der Waals surface area contributed by atoms with Crippen LogP contribution in [0.3, 0.4) is 0 Å². The van der Waals surface area contributed by atoms with Crippen LogP contribution in [0.15, 0.2) is 0 Å². The predicted molar refractivity (Wildman–Crippen MR) is 90.0 cm³/mol. The van der Waals surface area contributed by atoms with Gasteiger partial charge in [-0.05, 0) is 11.8 Å². The number of likely N-dealkylation sites (tertiary alicyclic amines) is 1. The van der Waals surface area contributed by atoms with Crippen molar-refractivity contribution >= 4 is 15.7 Å². The highest BCUT2D eigenvalue weighted by Crippen LogP contribution is 2.23. The van der Waals surface area contributed by atoms with E-state index >= 15 is 0 Å². The Hall–Kier alpha value is -0.660. The smallest absolute Gasteiger partial charge is 0.223 e. The first-order valence-electron chi connectivity index (χ1n) is 8.58.